The third kappa shape index (κ3) is 1.89. The molecule has 3 nitrogen and oxygen atoms in total. The number of thiazole rings is 1. The van der Waals surface area contributed by atoms with E-state index in [0.29, 0.717) is 0 Å². The van der Waals surface area contributed by atoms with Gasteiger partial charge in [0.15, 0.2) is 5.78 Å². The molecule has 0 spiro atoms. The van der Waals surface area contributed by atoms with Gasteiger partial charge in [0.1, 0.15) is 5.01 Å². The minimum Gasteiger partial charge on any atom is -0.314 e. The fraction of sp³-hybridized carbons (Fsp3) is 0.500. The molecule has 12 heavy (non-hydrogen) atoms. The van der Waals surface area contributed by atoms with E-state index in [1.54, 1.807) is 6.92 Å². The average Bonchev–Trinajstić information content (AvgIpc) is 2.32. The molecule has 0 aromatic carbocycles. The van der Waals surface area contributed by atoms with Crippen LogP contribution in [-0.4, -0.2) is 17.8 Å². The number of ketones is 1. The van der Waals surface area contributed by atoms with E-state index in [2.05, 4.69) is 10.3 Å². The normalized spacial score (nSPS) is 10.2. The molecule has 0 atom stereocenters. The van der Waals surface area contributed by atoms with Gasteiger partial charge in [-0.25, -0.2) is 4.98 Å². The van der Waals surface area contributed by atoms with Crippen molar-refractivity contribution in [2.24, 2.45) is 0 Å². The SMILES string of the molecule is CNCc1nc(C)c(C(C)=O)s1. The Labute approximate surface area is 75.8 Å². The number of aromatic nitrogens is 1. The minimum atomic E-state index is 0.104. The predicted octanol–water partition coefficient (Wildman–Crippen LogP) is 1.37. The third-order valence-corrected chi connectivity index (χ3v) is 2.75. The molecule has 0 amide bonds. The van der Waals surface area contributed by atoms with Crippen LogP contribution in [-0.2, 0) is 6.54 Å². The Morgan fingerprint density at radius 3 is 2.75 bits per heavy atom. The molecule has 1 rings (SSSR count). The molecule has 1 heterocycles. The molecular formula is C8H12N2OS. The van der Waals surface area contributed by atoms with E-state index in [9.17, 15) is 4.79 Å². The van der Waals surface area contributed by atoms with Crippen LogP contribution in [0.2, 0.25) is 0 Å². The van der Waals surface area contributed by atoms with Gasteiger partial charge in [-0.05, 0) is 14.0 Å². The monoisotopic (exact) mass is 184 g/mol. The fourth-order valence-electron chi connectivity index (χ4n) is 1.01. The van der Waals surface area contributed by atoms with Crippen LogP contribution in [0.4, 0.5) is 0 Å². The van der Waals surface area contributed by atoms with E-state index < -0.39 is 0 Å². The summed E-state index contributed by atoms with van der Waals surface area (Å²) >= 11 is 1.47. The number of carbonyl (C=O) groups excluding carboxylic acids is 1. The molecule has 0 fully saturated rings. The Morgan fingerprint density at radius 2 is 2.33 bits per heavy atom. The topological polar surface area (TPSA) is 42.0 Å². The third-order valence-electron chi connectivity index (χ3n) is 1.49. The molecule has 1 N–H and O–H groups in total. The van der Waals surface area contributed by atoms with Gasteiger partial charge in [0.05, 0.1) is 10.6 Å². The van der Waals surface area contributed by atoms with Gasteiger partial charge in [0.25, 0.3) is 0 Å². The highest BCUT2D eigenvalue weighted by Crippen LogP contribution is 2.17. The van der Waals surface area contributed by atoms with Crippen molar-refractivity contribution in [3.05, 3.63) is 15.6 Å². The maximum Gasteiger partial charge on any atom is 0.171 e. The molecule has 0 bridgehead atoms. The summed E-state index contributed by atoms with van der Waals surface area (Å²) in [5, 5.41) is 3.97. The first-order valence-electron chi connectivity index (χ1n) is 3.77. The van der Waals surface area contributed by atoms with Gasteiger partial charge in [0, 0.05) is 13.5 Å². The molecule has 1 aromatic heterocycles. The van der Waals surface area contributed by atoms with Crippen molar-refractivity contribution >= 4 is 17.1 Å². The maximum absolute atomic E-state index is 11.0. The summed E-state index contributed by atoms with van der Waals surface area (Å²) < 4.78 is 0. The quantitative estimate of drug-likeness (QED) is 0.721. The summed E-state index contributed by atoms with van der Waals surface area (Å²) in [6, 6.07) is 0. The predicted molar refractivity (Wildman–Crippen MR) is 49.6 cm³/mol. The lowest BCUT2D eigenvalue weighted by Gasteiger charge is -1.89. The molecule has 0 saturated heterocycles. The number of nitrogens with zero attached hydrogens (tertiary/aromatic N) is 1. The van der Waals surface area contributed by atoms with Crippen LogP contribution in [0.25, 0.3) is 0 Å². The zero-order chi connectivity index (χ0) is 9.14. The van der Waals surface area contributed by atoms with Gasteiger partial charge >= 0.3 is 0 Å². The van der Waals surface area contributed by atoms with Crippen molar-refractivity contribution in [3.63, 3.8) is 0 Å². The summed E-state index contributed by atoms with van der Waals surface area (Å²) in [5.74, 6) is 0.104. The lowest BCUT2D eigenvalue weighted by atomic mass is 10.3. The number of Topliss-reactive ketones (excluding diaryl/α,β-unsaturated/α-hetero) is 1. The van der Waals surface area contributed by atoms with Crippen molar-refractivity contribution in [1.29, 1.82) is 0 Å². The molecular weight excluding hydrogens is 172 g/mol. The summed E-state index contributed by atoms with van der Waals surface area (Å²) in [6.45, 7) is 4.18. The molecule has 0 aliphatic heterocycles. The minimum absolute atomic E-state index is 0.104. The first-order chi connectivity index (χ1) is 5.65. The maximum atomic E-state index is 11.0. The number of aryl methyl sites for hydroxylation is 1. The van der Waals surface area contributed by atoms with E-state index >= 15 is 0 Å². The van der Waals surface area contributed by atoms with Crippen molar-refractivity contribution in [3.8, 4) is 0 Å². The van der Waals surface area contributed by atoms with Crippen molar-refractivity contribution in [2.75, 3.05) is 7.05 Å². The van der Waals surface area contributed by atoms with Gasteiger partial charge in [-0.2, -0.15) is 0 Å². The number of hydrogen-bond donors (Lipinski definition) is 1. The van der Waals surface area contributed by atoms with E-state index in [1.807, 2.05) is 14.0 Å². The lowest BCUT2D eigenvalue weighted by Crippen LogP contribution is -2.04. The van der Waals surface area contributed by atoms with Crippen LogP contribution >= 0.6 is 11.3 Å². The van der Waals surface area contributed by atoms with E-state index in [4.69, 9.17) is 0 Å². The summed E-state index contributed by atoms with van der Waals surface area (Å²) in [4.78, 5) is 16.1. The highest BCUT2D eigenvalue weighted by atomic mass is 32.1. The van der Waals surface area contributed by atoms with Crippen LogP contribution in [0.15, 0.2) is 0 Å². The lowest BCUT2D eigenvalue weighted by molar-refractivity contribution is 0.102. The number of rotatable bonds is 3. The highest BCUT2D eigenvalue weighted by Gasteiger charge is 2.09. The van der Waals surface area contributed by atoms with Crippen LogP contribution in [0.1, 0.15) is 27.3 Å². The van der Waals surface area contributed by atoms with Crippen LogP contribution in [0, 0.1) is 6.92 Å². The largest absolute Gasteiger partial charge is 0.314 e. The fourth-order valence-corrected chi connectivity index (χ4v) is 1.98. The number of hydrogen-bond acceptors (Lipinski definition) is 4. The van der Waals surface area contributed by atoms with Crippen LogP contribution in [0.5, 0.6) is 0 Å². The van der Waals surface area contributed by atoms with Gasteiger partial charge in [-0.3, -0.25) is 4.79 Å². The molecule has 0 aliphatic carbocycles. The van der Waals surface area contributed by atoms with Gasteiger partial charge in [-0.15, -0.1) is 11.3 Å². The van der Waals surface area contributed by atoms with Gasteiger partial charge < -0.3 is 5.32 Å². The second-order valence-electron chi connectivity index (χ2n) is 2.61. The molecule has 1 aromatic rings. The average molecular weight is 184 g/mol. The van der Waals surface area contributed by atoms with Crippen molar-refractivity contribution in [2.45, 2.75) is 20.4 Å². The molecule has 4 heteroatoms. The Morgan fingerprint density at radius 1 is 1.67 bits per heavy atom. The van der Waals surface area contributed by atoms with Crippen LogP contribution in [0.3, 0.4) is 0 Å². The van der Waals surface area contributed by atoms with E-state index in [1.165, 1.54) is 11.3 Å². The second-order valence-corrected chi connectivity index (χ2v) is 3.69. The van der Waals surface area contributed by atoms with Crippen LogP contribution < -0.4 is 5.32 Å². The Bertz CT molecular complexity index is 293. The highest BCUT2D eigenvalue weighted by molar-refractivity contribution is 7.13. The Kier molecular flexibility index (Phi) is 2.94. The molecule has 0 unspecified atom stereocenters. The molecule has 0 aliphatic rings. The zero-order valence-electron chi connectivity index (χ0n) is 7.47. The summed E-state index contributed by atoms with van der Waals surface area (Å²) in [5.41, 5.74) is 0.845. The second kappa shape index (κ2) is 3.78. The standard InChI is InChI=1S/C8H12N2OS/c1-5-8(6(2)11)12-7(10-5)4-9-3/h9H,4H2,1-3H3. The summed E-state index contributed by atoms with van der Waals surface area (Å²) in [6.07, 6.45) is 0. The molecule has 0 radical (unpaired) electrons. The molecule has 66 valence electrons. The van der Waals surface area contributed by atoms with E-state index in [0.717, 1.165) is 22.1 Å². The van der Waals surface area contributed by atoms with Crippen molar-refractivity contribution < 1.29 is 4.79 Å². The van der Waals surface area contributed by atoms with Gasteiger partial charge in [0.2, 0.25) is 0 Å². The number of carbonyl (C=O) groups is 1. The smallest absolute Gasteiger partial charge is 0.171 e. The van der Waals surface area contributed by atoms with Crippen molar-refractivity contribution in [1.82, 2.24) is 10.3 Å². The van der Waals surface area contributed by atoms with Gasteiger partial charge in [-0.1, -0.05) is 0 Å². The first-order valence-corrected chi connectivity index (χ1v) is 4.58. The Balaban J connectivity index is 2.92. The first kappa shape index (κ1) is 9.35. The molecule has 0 saturated carbocycles. The summed E-state index contributed by atoms with van der Waals surface area (Å²) in [7, 11) is 1.87. The number of nitrogens with one attached hydrogen (secondary N) is 1. The van der Waals surface area contributed by atoms with E-state index in [-0.39, 0.29) is 5.78 Å². The Hall–Kier alpha value is -0.740. The zero-order valence-corrected chi connectivity index (χ0v) is 8.29.